The number of aliphatic hydroxyl groups excluding tert-OH is 1. The van der Waals surface area contributed by atoms with Crippen LogP contribution in [-0.2, 0) is 17.6 Å². The third-order valence-electron chi connectivity index (χ3n) is 7.99. The predicted octanol–water partition coefficient (Wildman–Crippen LogP) is 3.91. The van der Waals surface area contributed by atoms with E-state index in [-0.39, 0.29) is 0 Å². The summed E-state index contributed by atoms with van der Waals surface area (Å²) in [6.45, 7) is 2.62. The van der Waals surface area contributed by atoms with Gasteiger partial charge < -0.3 is 20.8 Å². The summed E-state index contributed by atoms with van der Waals surface area (Å²) in [5.41, 5.74) is 3.83. The molecule has 44 heavy (non-hydrogen) atoms. The van der Waals surface area contributed by atoms with Crippen LogP contribution in [-0.4, -0.2) is 98.5 Å². The number of aromatic nitrogens is 4. The quantitative estimate of drug-likeness (QED) is 0.117. The molecule has 0 saturated carbocycles. The van der Waals surface area contributed by atoms with Gasteiger partial charge in [0, 0.05) is 48.7 Å². The van der Waals surface area contributed by atoms with Gasteiger partial charge >= 0.3 is 5.97 Å². The predicted molar refractivity (Wildman–Crippen MR) is 173 cm³/mol. The molecule has 5 rings (SSSR count). The number of likely N-dealkylation sites (N-methyl/N-ethyl adjacent to an activating group) is 1. The summed E-state index contributed by atoms with van der Waals surface area (Å²) >= 11 is 0. The van der Waals surface area contributed by atoms with Crippen LogP contribution in [0.5, 0.6) is 0 Å². The Kier molecular flexibility index (Phi) is 10.7. The van der Waals surface area contributed by atoms with Gasteiger partial charge in [-0.15, -0.1) is 0 Å². The lowest BCUT2D eigenvalue weighted by Gasteiger charge is -2.29. The van der Waals surface area contributed by atoms with Gasteiger partial charge in [0.1, 0.15) is 23.9 Å². The summed E-state index contributed by atoms with van der Waals surface area (Å²) < 4.78 is 0. The zero-order valence-electron chi connectivity index (χ0n) is 25.5. The van der Waals surface area contributed by atoms with Crippen molar-refractivity contribution in [1.29, 1.82) is 0 Å². The Morgan fingerprint density at radius 3 is 2.70 bits per heavy atom. The van der Waals surface area contributed by atoms with Gasteiger partial charge in [0.15, 0.2) is 5.82 Å². The Morgan fingerprint density at radius 1 is 1.05 bits per heavy atom. The summed E-state index contributed by atoms with van der Waals surface area (Å²) in [6, 6.07) is 14.7. The average Bonchev–Trinajstić information content (AvgIpc) is 3.04. The maximum atomic E-state index is 12.5. The molecule has 232 valence electrons. The van der Waals surface area contributed by atoms with E-state index in [4.69, 9.17) is 9.97 Å². The highest BCUT2D eigenvalue weighted by Crippen LogP contribution is 2.26. The first kappa shape index (κ1) is 31.2. The fourth-order valence-corrected chi connectivity index (χ4v) is 5.38. The lowest BCUT2D eigenvalue weighted by atomic mass is 10.1. The Bertz CT molecular complexity index is 1530. The van der Waals surface area contributed by atoms with Crippen LogP contribution in [0.15, 0.2) is 60.9 Å². The molecule has 1 aromatic carbocycles. The number of benzene rings is 1. The number of aliphatic hydroxyl groups is 1. The summed E-state index contributed by atoms with van der Waals surface area (Å²) in [5, 5.41) is 28.2. The summed E-state index contributed by atoms with van der Waals surface area (Å²) in [6.07, 6.45) is 7.99. The van der Waals surface area contributed by atoms with Crippen molar-refractivity contribution >= 4 is 28.5 Å². The first-order valence-electron chi connectivity index (χ1n) is 15.3. The van der Waals surface area contributed by atoms with Crippen LogP contribution in [0.4, 0.5) is 11.6 Å². The molecule has 0 fully saturated rings. The minimum atomic E-state index is -0.962. The molecule has 1 aliphatic rings. The monoisotopic (exact) mass is 598 g/mol. The van der Waals surface area contributed by atoms with E-state index in [1.165, 1.54) is 5.56 Å². The number of carboxylic acids is 1. The van der Waals surface area contributed by atoms with E-state index >= 15 is 0 Å². The minimum absolute atomic E-state index is 0.327. The minimum Gasteiger partial charge on any atom is -0.480 e. The first-order valence-corrected chi connectivity index (χ1v) is 15.3. The number of hydrogen-bond donors (Lipinski definition) is 4. The molecule has 1 aliphatic heterocycles. The Balaban J connectivity index is 1.24. The molecule has 0 saturated heterocycles. The van der Waals surface area contributed by atoms with Crippen LogP contribution in [0, 0.1) is 0 Å². The largest absolute Gasteiger partial charge is 0.480 e. The molecule has 0 bridgehead atoms. The van der Waals surface area contributed by atoms with E-state index in [0.29, 0.717) is 36.7 Å². The van der Waals surface area contributed by atoms with Gasteiger partial charge in [-0.25, -0.2) is 19.7 Å². The van der Waals surface area contributed by atoms with E-state index in [2.05, 4.69) is 37.6 Å². The number of rotatable bonds is 15. The zero-order chi connectivity index (χ0) is 30.9. The molecular formula is C33H42N8O3. The highest BCUT2D eigenvalue weighted by Gasteiger charge is 2.22. The molecule has 0 amide bonds. The number of nitrogens with zero attached hydrogens (tertiary/aromatic N) is 6. The number of nitrogens with one attached hydrogen (secondary N) is 2. The molecule has 0 unspecified atom stereocenters. The van der Waals surface area contributed by atoms with Crippen LogP contribution >= 0.6 is 0 Å². The maximum Gasteiger partial charge on any atom is 0.326 e. The van der Waals surface area contributed by atoms with E-state index in [0.717, 1.165) is 67.7 Å². The number of aryl methyl sites for hydroxylation is 2. The Morgan fingerprint density at radius 2 is 1.91 bits per heavy atom. The van der Waals surface area contributed by atoms with Gasteiger partial charge in [-0.2, -0.15) is 0 Å². The number of carboxylic acid groups (broad SMARTS) is 1. The van der Waals surface area contributed by atoms with Crippen LogP contribution < -0.4 is 10.6 Å². The van der Waals surface area contributed by atoms with Crippen molar-refractivity contribution < 1.29 is 15.0 Å². The van der Waals surface area contributed by atoms with Crippen LogP contribution in [0.1, 0.15) is 36.9 Å². The standard InChI is InChI=1S/C33H42N8O3/c1-40(2)29(42)22-41(19-6-5-11-25-15-14-23-9-8-18-35-30(23)36-25)20-16-28(33(43)44)38-32-26-12-3-4-13-27(26)37-31(39-32)24-10-7-17-34-21-24/h3-4,7,10,12-15,17,21,28-29,42H,5-6,8-9,11,16,18-20,22H2,1-2H3,(H,35,36)(H,43,44)(H,37,38,39)/t28-,29-/m0/s1. The van der Waals surface area contributed by atoms with Crippen molar-refractivity contribution in [3.05, 3.63) is 72.2 Å². The number of hydrogen-bond acceptors (Lipinski definition) is 10. The summed E-state index contributed by atoms with van der Waals surface area (Å²) in [7, 11) is 3.67. The number of carbonyl (C=O) groups is 1. The zero-order valence-corrected chi connectivity index (χ0v) is 25.5. The summed E-state index contributed by atoms with van der Waals surface area (Å²) in [5.74, 6) is 0.994. The first-order chi connectivity index (χ1) is 21.4. The molecule has 0 radical (unpaired) electrons. The van der Waals surface area contributed by atoms with E-state index < -0.39 is 18.2 Å². The third-order valence-corrected chi connectivity index (χ3v) is 7.99. The molecule has 4 N–H and O–H groups in total. The topological polar surface area (TPSA) is 140 Å². The Labute approximate surface area is 258 Å². The lowest BCUT2D eigenvalue weighted by Crippen LogP contribution is -2.43. The molecule has 11 nitrogen and oxygen atoms in total. The van der Waals surface area contributed by atoms with Crippen molar-refractivity contribution in [1.82, 2.24) is 29.7 Å². The fourth-order valence-electron chi connectivity index (χ4n) is 5.38. The number of fused-ring (bicyclic) bond motifs is 2. The Hall–Kier alpha value is -4.19. The molecular weight excluding hydrogens is 556 g/mol. The molecule has 2 atom stereocenters. The average molecular weight is 599 g/mol. The second-order valence-electron chi connectivity index (χ2n) is 11.5. The second-order valence-corrected chi connectivity index (χ2v) is 11.5. The SMILES string of the molecule is CN(C)[C@@H](O)CN(CCCCc1ccc2c(n1)NCCC2)CC[C@H](Nc1nc(-c2cccnc2)nc2ccccc12)C(=O)O. The van der Waals surface area contributed by atoms with Crippen LogP contribution in [0.3, 0.4) is 0 Å². The highest BCUT2D eigenvalue weighted by molar-refractivity contribution is 5.92. The van der Waals surface area contributed by atoms with E-state index in [1.54, 1.807) is 17.3 Å². The van der Waals surface area contributed by atoms with Gasteiger partial charge in [0.05, 0.1) is 5.52 Å². The number of unbranched alkanes of at least 4 members (excludes halogenated alkanes) is 1. The molecule has 4 aromatic rings. The van der Waals surface area contributed by atoms with Crippen molar-refractivity contribution in [2.75, 3.05) is 50.9 Å². The molecule has 11 heteroatoms. The van der Waals surface area contributed by atoms with Gasteiger partial charge in [0.25, 0.3) is 0 Å². The second kappa shape index (κ2) is 15.0. The number of para-hydroxylation sites is 1. The van der Waals surface area contributed by atoms with Crippen LogP contribution in [0.25, 0.3) is 22.3 Å². The lowest BCUT2D eigenvalue weighted by molar-refractivity contribution is -0.138. The van der Waals surface area contributed by atoms with E-state index in [9.17, 15) is 15.0 Å². The van der Waals surface area contributed by atoms with Gasteiger partial charge in [0.2, 0.25) is 0 Å². The number of aliphatic carboxylic acids is 1. The fraction of sp³-hybridized carbons (Fsp3) is 0.424. The van der Waals surface area contributed by atoms with Gasteiger partial charge in [-0.3, -0.25) is 14.8 Å². The smallest absolute Gasteiger partial charge is 0.326 e. The van der Waals surface area contributed by atoms with Crippen LogP contribution in [0.2, 0.25) is 0 Å². The third kappa shape index (κ3) is 8.25. The normalized spacial score (nSPS) is 14.3. The summed E-state index contributed by atoms with van der Waals surface area (Å²) in [4.78, 5) is 34.7. The van der Waals surface area contributed by atoms with Crippen molar-refractivity contribution in [3.63, 3.8) is 0 Å². The molecule has 3 aromatic heterocycles. The molecule has 0 aliphatic carbocycles. The van der Waals surface area contributed by atoms with Crippen molar-refractivity contribution in [2.24, 2.45) is 0 Å². The van der Waals surface area contributed by atoms with Gasteiger partial charge in [-0.05, 0) is 95.1 Å². The maximum absolute atomic E-state index is 12.5. The van der Waals surface area contributed by atoms with E-state index in [1.807, 2.05) is 50.5 Å². The number of pyridine rings is 2. The molecule has 4 heterocycles. The molecule has 0 spiro atoms. The van der Waals surface area contributed by atoms with Crippen molar-refractivity contribution in [2.45, 2.75) is 50.8 Å². The van der Waals surface area contributed by atoms with Gasteiger partial charge in [-0.1, -0.05) is 18.2 Å². The van der Waals surface area contributed by atoms with Crippen molar-refractivity contribution in [3.8, 4) is 11.4 Å². The highest BCUT2D eigenvalue weighted by atomic mass is 16.4. The number of anilines is 2.